The highest BCUT2D eigenvalue weighted by Gasteiger charge is 2.10. The maximum Gasteiger partial charge on any atom is 0.303 e. The molecule has 150 valence electrons. The summed E-state index contributed by atoms with van der Waals surface area (Å²) in [6.45, 7) is 2.78. The van der Waals surface area contributed by atoms with E-state index in [0.717, 1.165) is 5.56 Å². The number of carbonyl (C=O) groups is 2. The van der Waals surface area contributed by atoms with Crippen LogP contribution in [-0.2, 0) is 22.6 Å². The van der Waals surface area contributed by atoms with E-state index in [1.807, 2.05) is 19.1 Å². The number of hydrogen-bond acceptors (Lipinski definition) is 4. The Kier molecular flexibility index (Phi) is 8.27. The van der Waals surface area contributed by atoms with Gasteiger partial charge in [0.15, 0.2) is 11.5 Å². The van der Waals surface area contributed by atoms with Gasteiger partial charge in [0, 0.05) is 18.5 Å². The van der Waals surface area contributed by atoms with Gasteiger partial charge in [-0.2, -0.15) is 0 Å². The molecule has 0 aromatic heterocycles. The SMILES string of the molecule is CCOc1cc(CCNC(=O)CCC(=O)O)ccc1OCc1ccccc1F. The first kappa shape index (κ1) is 21.2. The lowest BCUT2D eigenvalue weighted by atomic mass is 10.1. The number of aliphatic carboxylic acids is 1. The standard InChI is InChI=1S/C21H24FNO5/c1-2-27-19-13-15(11-12-23-20(24)9-10-21(25)26)7-8-18(19)28-14-16-5-3-4-6-17(16)22/h3-8,13H,2,9-12,14H2,1H3,(H,23,24)(H,25,26). The second-order valence-corrected chi connectivity index (χ2v) is 6.09. The first-order valence-electron chi connectivity index (χ1n) is 9.10. The summed E-state index contributed by atoms with van der Waals surface area (Å²) in [5.41, 5.74) is 1.39. The molecule has 7 heteroatoms. The van der Waals surface area contributed by atoms with Crippen LogP contribution < -0.4 is 14.8 Å². The second-order valence-electron chi connectivity index (χ2n) is 6.09. The highest BCUT2D eigenvalue weighted by Crippen LogP contribution is 2.29. The minimum atomic E-state index is -0.998. The zero-order valence-corrected chi connectivity index (χ0v) is 15.7. The van der Waals surface area contributed by atoms with Gasteiger partial charge < -0.3 is 19.9 Å². The molecule has 0 aliphatic carbocycles. The summed E-state index contributed by atoms with van der Waals surface area (Å²) in [5, 5.41) is 11.3. The smallest absolute Gasteiger partial charge is 0.303 e. The fourth-order valence-electron chi connectivity index (χ4n) is 2.52. The average Bonchev–Trinajstić information content (AvgIpc) is 2.67. The summed E-state index contributed by atoms with van der Waals surface area (Å²) < 4.78 is 25.1. The van der Waals surface area contributed by atoms with Gasteiger partial charge in [-0.15, -0.1) is 0 Å². The Morgan fingerprint density at radius 2 is 1.86 bits per heavy atom. The van der Waals surface area contributed by atoms with E-state index in [4.69, 9.17) is 14.6 Å². The van der Waals surface area contributed by atoms with Crippen LogP contribution in [0.5, 0.6) is 11.5 Å². The number of nitrogens with one attached hydrogen (secondary N) is 1. The minimum absolute atomic E-state index is 0.0393. The summed E-state index contributed by atoms with van der Waals surface area (Å²) in [5.74, 6) is -0.552. The van der Waals surface area contributed by atoms with Crippen molar-refractivity contribution in [3.63, 3.8) is 0 Å². The fourth-order valence-corrected chi connectivity index (χ4v) is 2.52. The largest absolute Gasteiger partial charge is 0.490 e. The van der Waals surface area contributed by atoms with E-state index in [9.17, 15) is 14.0 Å². The molecular weight excluding hydrogens is 365 g/mol. The molecule has 1 amide bonds. The predicted molar refractivity (Wildman–Crippen MR) is 102 cm³/mol. The molecule has 0 saturated carbocycles. The average molecular weight is 389 g/mol. The van der Waals surface area contributed by atoms with Crippen LogP contribution in [0.4, 0.5) is 4.39 Å². The normalized spacial score (nSPS) is 10.4. The number of carbonyl (C=O) groups excluding carboxylic acids is 1. The third kappa shape index (κ3) is 6.90. The zero-order chi connectivity index (χ0) is 20.4. The van der Waals surface area contributed by atoms with Crippen molar-refractivity contribution in [2.45, 2.75) is 32.8 Å². The van der Waals surface area contributed by atoms with Crippen molar-refractivity contribution in [3.8, 4) is 11.5 Å². The topological polar surface area (TPSA) is 84.9 Å². The van der Waals surface area contributed by atoms with Gasteiger partial charge in [0.1, 0.15) is 12.4 Å². The number of benzene rings is 2. The fraction of sp³-hybridized carbons (Fsp3) is 0.333. The molecule has 0 aliphatic rings. The van der Waals surface area contributed by atoms with E-state index in [1.54, 1.807) is 24.3 Å². The molecule has 2 aromatic carbocycles. The quantitative estimate of drug-likeness (QED) is 0.616. The van der Waals surface area contributed by atoms with Gasteiger partial charge >= 0.3 is 5.97 Å². The van der Waals surface area contributed by atoms with E-state index in [1.165, 1.54) is 6.07 Å². The van der Waals surface area contributed by atoms with Crippen molar-refractivity contribution in [3.05, 3.63) is 59.4 Å². The van der Waals surface area contributed by atoms with Crippen LogP contribution in [-0.4, -0.2) is 30.1 Å². The summed E-state index contributed by atoms with van der Waals surface area (Å²) in [4.78, 5) is 22.0. The molecule has 6 nitrogen and oxygen atoms in total. The van der Waals surface area contributed by atoms with Gasteiger partial charge in [0.05, 0.1) is 13.0 Å². The number of hydrogen-bond donors (Lipinski definition) is 2. The number of halogens is 1. The highest BCUT2D eigenvalue weighted by molar-refractivity contribution is 5.80. The molecule has 0 unspecified atom stereocenters. The monoisotopic (exact) mass is 389 g/mol. The Balaban J connectivity index is 1.93. The van der Waals surface area contributed by atoms with Gasteiger partial charge in [0.2, 0.25) is 5.91 Å². The number of ether oxygens (including phenoxy) is 2. The molecule has 2 N–H and O–H groups in total. The maximum atomic E-state index is 13.7. The third-order valence-electron chi connectivity index (χ3n) is 3.95. The summed E-state index contributed by atoms with van der Waals surface area (Å²) in [7, 11) is 0. The molecule has 0 spiro atoms. The lowest BCUT2D eigenvalue weighted by Crippen LogP contribution is -2.26. The third-order valence-corrected chi connectivity index (χ3v) is 3.95. The van der Waals surface area contributed by atoms with Crippen molar-refractivity contribution in [1.82, 2.24) is 5.32 Å². The zero-order valence-electron chi connectivity index (χ0n) is 15.7. The molecule has 0 atom stereocenters. The first-order valence-corrected chi connectivity index (χ1v) is 9.10. The first-order chi connectivity index (χ1) is 13.5. The van der Waals surface area contributed by atoms with Crippen molar-refractivity contribution >= 4 is 11.9 Å². The van der Waals surface area contributed by atoms with Gasteiger partial charge in [-0.05, 0) is 37.1 Å². The van der Waals surface area contributed by atoms with E-state index < -0.39 is 5.97 Å². The molecule has 28 heavy (non-hydrogen) atoms. The Morgan fingerprint density at radius 3 is 2.57 bits per heavy atom. The van der Waals surface area contributed by atoms with Crippen LogP contribution >= 0.6 is 0 Å². The summed E-state index contributed by atoms with van der Waals surface area (Å²) in [6, 6.07) is 11.9. The van der Waals surface area contributed by atoms with Crippen molar-refractivity contribution < 1.29 is 28.6 Å². The lowest BCUT2D eigenvalue weighted by Gasteiger charge is -2.14. The van der Waals surface area contributed by atoms with Gasteiger partial charge in [-0.3, -0.25) is 9.59 Å². The van der Waals surface area contributed by atoms with E-state index in [-0.39, 0.29) is 31.2 Å². The van der Waals surface area contributed by atoms with Crippen LogP contribution in [0.15, 0.2) is 42.5 Å². The number of carboxylic acids is 1. The predicted octanol–water partition coefficient (Wildman–Crippen LogP) is 3.33. The van der Waals surface area contributed by atoms with Crippen LogP contribution in [0.3, 0.4) is 0 Å². The number of rotatable bonds is 11. The second kappa shape index (κ2) is 10.9. The highest BCUT2D eigenvalue weighted by atomic mass is 19.1. The van der Waals surface area contributed by atoms with Gasteiger partial charge in [0.25, 0.3) is 0 Å². The Bertz CT molecular complexity index is 809. The molecule has 0 bridgehead atoms. The molecule has 0 fully saturated rings. The Morgan fingerprint density at radius 1 is 1.07 bits per heavy atom. The van der Waals surface area contributed by atoms with Gasteiger partial charge in [-0.25, -0.2) is 4.39 Å². The maximum absolute atomic E-state index is 13.7. The van der Waals surface area contributed by atoms with Crippen LogP contribution in [0.25, 0.3) is 0 Å². The van der Waals surface area contributed by atoms with Crippen molar-refractivity contribution in [1.29, 1.82) is 0 Å². The van der Waals surface area contributed by atoms with Crippen molar-refractivity contribution in [2.24, 2.45) is 0 Å². The lowest BCUT2D eigenvalue weighted by molar-refractivity contribution is -0.138. The van der Waals surface area contributed by atoms with Crippen molar-refractivity contribution in [2.75, 3.05) is 13.2 Å². The molecule has 0 aliphatic heterocycles. The minimum Gasteiger partial charge on any atom is -0.490 e. The van der Waals surface area contributed by atoms with Crippen LogP contribution in [0, 0.1) is 5.82 Å². The van der Waals surface area contributed by atoms with Gasteiger partial charge in [-0.1, -0.05) is 24.3 Å². The molecule has 0 heterocycles. The molecule has 2 aromatic rings. The Labute approximate surface area is 163 Å². The Hall–Kier alpha value is -3.09. The van der Waals surface area contributed by atoms with E-state index in [0.29, 0.717) is 36.6 Å². The number of carboxylic acid groups (broad SMARTS) is 1. The summed E-state index contributed by atoms with van der Waals surface area (Å²) in [6.07, 6.45) is 0.337. The van der Waals surface area contributed by atoms with Crippen LogP contribution in [0.1, 0.15) is 30.9 Å². The molecule has 0 saturated heterocycles. The molecule has 2 rings (SSSR count). The molecule has 0 radical (unpaired) electrons. The summed E-state index contributed by atoms with van der Waals surface area (Å²) >= 11 is 0. The van der Waals surface area contributed by atoms with E-state index in [2.05, 4.69) is 5.32 Å². The number of amides is 1. The molecular formula is C21H24FNO5. The van der Waals surface area contributed by atoms with Crippen LogP contribution in [0.2, 0.25) is 0 Å². The van der Waals surface area contributed by atoms with E-state index >= 15 is 0 Å².